The van der Waals surface area contributed by atoms with Crippen molar-refractivity contribution >= 4 is 17.6 Å². The average Bonchev–Trinajstić information content (AvgIpc) is 3.43. The first kappa shape index (κ1) is 20.7. The molecule has 0 aliphatic heterocycles. The number of aromatic nitrogens is 2. The molecule has 2 amide bonds. The maximum Gasteiger partial charge on any atom is 0.342 e. The molecule has 31 heavy (non-hydrogen) atoms. The fourth-order valence-corrected chi connectivity index (χ4v) is 4.07. The topological polar surface area (TPSA) is 96.2 Å². The van der Waals surface area contributed by atoms with E-state index in [0.717, 1.165) is 36.9 Å². The van der Waals surface area contributed by atoms with Gasteiger partial charge in [-0.25, -0.2) is 4.79 Å². The van der Waals surface area contributed by atoms with Gasteiger partial charge in [0, 0.05) is 30.6 Å². The molecule has 3 aromatic rings. The van der Waals surface area contributed by atoms with Crippen LogP contribution in [0.1, 0.15) is 49.8 Å². The molecule has 3 N–H and O–H groups in total. The standard InChI is InChI=1S/C24H26N4O3/c1-16(29)26-19-11-12-23(30)20(13-19)21-14-22(18-9-5-6-10-18)28(27-21)24(31)25-15-17-7-3-2-4-8-17/h2-4,7-8,11-14,18,30H,5-6,9-10,15H2,1H3,(H,25,31)(H,26,29). The number of phenolic OH excluding ortho intramolecular Hbond substituents is 1. The van der Waals surface area contributed by atoms with Gasteiger partial charge >= 0.3 is 6.03 Å². The molecular weight excluding hydrogens is 392 g/mol. The highest BCUT2D eigenvalue weighted by molar-refractivity contribution is 5.90. The Labute approximate surface area is 181 Å². The second-order valence-electron chi connectivity index (χ2n) is 7.91. The van der Waals surface area contributed by atoms with Gasteiger partial charge in [0.2, 0.25) is 5.91 Å². The zero-order valence-corrected chi connectivity index (χ0v) is 17.5. The summed E-state index contributed by atoms with van der Waals surface area (Å²) in [6, 6.07) is 16.1. The van der Waals surface area contributed by atoms with Crippen LogP contribution in [0.2, 0.25) is 0 Å². The minimum Gasteiger partial charge on any atom is -0.507 e. The lowest BCUT2D eigenvalue weighted by molar-refractivity contribution is -0.114. The van der Waals surface area contributed by atoms with Crippen LogP contribution in [0, 0.1) is 0 Å². The van der Waals surface area contributed by atoms with Crippen molar-refractivity contribution in [1.82, 2.24) is 15.1 Å². The van der Waals surface area contributed by atoms with Crippen molar-refractivity contribution in [3.8, 4) is 17.0 Å². The highest BCUT2D eigenvalue weighted by atomic mass is 16.3. The van der Waals surface area contributed by atoms with E-state index in [1.165, 1.54) is 17.7 Å². The van der Waals surface area contributed by atoms with Crippen LogP contribution in [0.5, 0.6) is 5.75 Å². The van der Waals surface area contributed by atoms with Crippen LogP contribution in [0.25, 0.3) is 11.3 Å². The Morgan fingerprint density at radius 3 is 2.55 bits per heavy atom. The molecular formula is C24H26N4O3. The molecule has 1 aromatic heterocycles. The van der Waals surface area contributed by atoms with Crippen LogP contribution in [0.3, 0.4) is 0 Å². The van der Waals surface area contributed by atoms with Gasteiger partial charge in [0.1, 0.15) is 5.75 Å². The molecule has 2 aromatic carbocycles. The molecule has 160 valence electrons. The summed E-state index contributed by atoms with van der Waals surface area (Å²) in [6.07, 6.45) is 4.27. The summed E-state index contributed by atoms with van der Waals surface area (Å²) in [7, 11) is 0. The Hall–Kier alpha value is -3.61. The van der Waals surface area contributed by atoms with E-state index in [1.807, 2.05) is 36.4 Å². The number of hydrogen-bond acceptors (Lipinski definition) is 4. The molecule has 4 rings (SSSR count). The smallest absolute Gasteiger partial charge is 0.342 e. The minimum atomic E-state index is -0.297. The van der Waals surface area contributed by atoms with Gasteiger partial charge in [0.25, 0.3) is 0 Å². The van der Waals surface area contributed by atoms with Gasteiger partial charge in [-0.3, -0.25) is 4.79 Å². The van der Waals surface area contributed by atoms with Gasteiger partial charge < -0.3 is 15.7 Å². The third-order valence-corrected chi connectivity index (χ3v) is 5.58. The van der Waals surface area contributed by atoms with E-state index in [4.69, 9.17) is 0 Å². The van der Waals surface area contributed by atoms with Crippen molar-refractivity contribution in [2.45, 2.75) is 45.1 Å². The number of rotatable bonds is 5. The van der Waals surface area contributed by atoms with E-state index in [9.17, 15) is 14.7 Å². The molecule has 0 atom stereocenters. The maximum atomic E-state index is 13.0. The summed E-state index contributed by atoms with van der Waals surface area (Å²) in [5.74, 6) is 0.0971. The summed E-state index contributed by atoms with van der Waals surface area (Å²) in [6.45, 7) is 1.83. The molecule has 1 heterocycles. The first-order chi connectivity index (χ1) is 15.0. The van der Waals surface area contributed by atoms with E-state index in [1.54, 1.807) is 12.1 Å². The first-order valence-electron chi connectivity index (χ1n) is 10.5. The monoisotopic (exact) mass is 418 g/mol. The molecule has 1 saturated carbocycles. The van der Waals surface area contributed by atoms with Gasteiger partial charge in [0.05, 0.1) is 11.4 Å². The maximum absolute atomic E-state index is 13.0. The van der Waals surface area contributed by atoms with Gasteiger partial charge in [-0.1, -0.05) is 43.2 Å². The Morgan fingerprint density at radius 1 is 1.10 bits per heavy atom. The van der Waals surface area contributed by atoms with Crippen LogP contribution < -0.4 is 10.6 Å². The molecule has 0 saturated heterocycles. The second kappa shape index (κ2) is 9.04. The van der Waals surface area contributed by atoms with E-state index in [-0.39, 0.29) is 23.6 Å². The first-order valence-corrected chi connectivity index (χ1v) is 10.5. The van der Waals surface area contributed by atoms with Crippen molar-refractivity contribution < 1.29 is 14.7 Å². The molecule has 1 aliphatic rings. The number of carbonyl (C=O) groups is 2. The van der Waals surface area contributed by atoms with Crippen molar-refractivity contribution in [1.29, 1.82) is 0 Å². The molecule has 1 aliphatic carbocycles. The Morgan fingerprint density at radius 2 is 1.84 bits per heavy atom. The van der Waals surface area contributed by atoms with Crippen LogP contribution in [-0.2, 0) is 11.3 Å². The van der Waals surface area contributed by atoms with E-state index in [0.29, 0.717) is 23.5 Å². The third kappa shape index (κ3) is 4.77. The van der Waals surface area contributed by atoms with Gasteiger partial charge in [0.15, 0.2) is 0 Å². The summed E-state index contributed by atoms with van der Waals surface area (Å²) in [5.41, 5.74) is 3.39. The molecule has 0 unspecified atom stereocenters. The lowest BCUT2D eigenvalue weighted by atomic mass is 10.0. The minimum absolute atomic E-state index is 0.0430. The highest BCUT2D eigenvalue weighted by Gasteiger charge is 2.26. The van der Waals surface area contributed by atoms with Gasteiger partial charge in [-0.05, 0) is 42.7 Å². The van der Waals surface area contributed by atoms with Gasteiger partial charge in [-0.2, -0.15) is 9.78 Å². The number of aromatic hydroxyl groups is 1. The van der Waals surface area contributed by atoms with Gasteiger partial charge in [-0.15, -0.1) is 0 Å². The Bertz CT molecular complexity index is 1090. The van der Waals surface area contributed by atoms with Crippen LogP contribution in [-0.4, -0.2) is 26.8 Å². The number of amides is 2. The molecule has 0 radical (unpaired) electrons. The lowest BCUT2D eigenvalue weighted by Crippen LogP contribution is -2.30. The SMILES string of the molecule is CC(=O)Nc1ccc(O)c(-c2cc(C3CCCC3)n(C(=O)NCc3ccccc3)n2)c1. The largest absolute Gasteiger partial charge is 0.507 e. The second-order valence-corrected chi connectivity index (χ2v) is 7.91. The third-order valence-electron chi connectivity index (χ3n) is 5.58. The summed E-state index contributed by atoms with van der Waals surface area (Å²) in [5, 5.41) is 20.6. The quantitative estimate of drug-likeness (QED) is 0.526. The van der Waals surface area contributed by atoms with Crippen molar-refractivity contribution in [2.24, 2.45) is 0 Å². The fourth-order valence-electron chi connectivity index (χ4n) is 4.07. The Balaban J connectivity index is 1.66. The normalized spacial score (nSPS) is 13.8. The number of hydrogen-bond donors (Lipinski definition) is 3. The molecule has 1 fully saturated rings. The summed E-state index contributed by atoms with van der Waals surface area (Å²) in [4.78, 5) is 24.4. The fraction of sp³-hybridized carbons (Fsp3) is 0.292. The lowest BCUT2D eigenvalue weighted by Gasteiger charge is -2.12. The molecule has 7 heteroatoms. The van der Waals surface area contributed by atoms with Crippen molar-refractivity contribution in [3.05, 3.63) is 65.9 Å². The summed E-state index contributed by atoms with van der Waals surface area (Å²) < 4.78 is 1.43. The van der Waals surface area contributed by atoms with E-state index in [2.05, 4.69) is 15.7 Å². The van der Waals surface area contributed by atoms with Crippen LogP contribution >= 0.6 is 0 Å². The predicted octanol–water partition coefficient (Wildman–Crippen LogP) is 4.63. The summed E-state index contributed by atoms with van der Waals surface area (Å²) >= 11 is 0. The number of nitrogens with zero attached hydrogens (tertiary/aromatic N) is 2. The highest BCUT2D eigenvalue weighted by Crippen LogP contribution is 2.38. The number of carbonyl (C=O) groups excluding carboxylic acids is 2. The number of phenols is 1. The van der Waals surface area contributed by atoms with Crippen molar-refractivity contribution in [3.63, 3.8) is 0 Å². The average molecular weight is 418 g/mol. The zero-order chi connectivity index (χ0) is 21.8. The number of anilines is 1. The van der Waals surface area contributed by atoms with Crippen LogP contribution in [0.15, 0.2) is 54.6 Å². The molecule has 7 nitrogen and oxygen atoms in total. The predicted molar refractivity (Wildman–Crippen MR) is 119 cm³/mol. The molecule has 0 spiro atoms. The molecule has 0 bridgehead atoms. The Kier molecular flexibility index (Phi) is 6.02. The van der Waals surface area contributed by atoms with Crippen LogP contribution in [0.4, 0.5) is 10.5 Å². The van der Waals surface area contributed by atoms with E-state index < -0.39 is 0 Å². The van der Waals surface area contributed by atoms with E-state index >= 15 is 0 Å². The number of nitrogens with one attached hydrogen (secondary N) is 2. The zero-order valence-electron chi connectivity index (χ0n) is 17.5. The van der Waals surface area contributed by atoms with Crippen molar-refractivity contribution in [2.75, 3.05) is 5.32 Å². The number of benzene rings is 2.